The van der Waals surface area contributed by atoms with E-state index in [1.54, 1.807) is 12.4 Å². The molecule has 1 aromatic heterocycles. The fourth-order valence-electron chi connectivity index (χ4n) is 2.01. The van der Waals surface area contributed by atoms with Crippen LogP contribution in [-0.4, -0.2) is 29.7 Å². The highest BCUT2D eigenvalue weighted by Gasteiger charge is 2.20. The Balaban J connectivity index is 2.04. The Morgan fingerprint density at radius 3 is 2.60 bits per heavy atom. The number of hydrogen-bond donors (Lipinski definition) is 0. The molecule has 2 heterocycles. The smallest absolute Gasteiger partial charge is 0.150 e. The van der Waals surface area contributed by atoms with Crippen LogP contribution in [-0.2, 0) is 0 Å². The minimum atomic E-state index is -0.187. The minimum Gasteiger partial charge on any atom is -0.355 e. The fourth-order valence-corrected chi connectivity index (χ4v) is 2.01. The Labute approximate surface area is 89.3 Å². The van der Waals surface area contributed by atoms with Crippen LogP contribution >= 0.6 is 0 Å². The summed E-state index contributed by atoms with van der Waals surface area (Å²) in [7, 11) is 0. The van der Waals surface area contributed by atoms with Crippen LogP contribution in [0.5, 0.6) is 0 Å². The van der Waals surface area contributed by atoms with E-state index in [9.17, 15) is 4.39 Å². The van der Waals surface area contributed by atoms with Gasteiger partial charge >= 0.3 is 0 Å². The molecular weight excluding hydrogens is 193 g/mol. The summed E-state index contributed by atoms with van der Waals surface area (Å²) in [4.78, 5) is 10.7. The van der Waals surface area contributed by atoms with Crippen LogP contribution in [0.2, 0.25) is 0 Å². The molecule has 2 rings (SSSR count). The van der Waals surface area contributed by atoms with Crippen molar-refractivity contribution in [2.45, 2.75) is 19.8 Å². The molecule has 0 saturated carbocycles. The number of hydrogen-bond acceptors (Lipinski definition) is 3. The van der Waals surface area contributed by atoms with Gasteiger partial charge in [0.1, 0.15) is 5.82 Å². The number of halogens is 1. The van der Waals surface area contributed by atoms with Gasteiger partial charge in [-0.1, -0.05) is 0 Å². The van der Waals surface area contributed by atoms with E-state index >= 15 is 0 Å². The van der Waals surface area contributed by atoms with Crippen LogP contribution < -0.4 is 4.90 Å². The maximum atomic E-state index is 12.4. The van der Waals surface area contributed by atoms with Crippen molar-refractivity contribution in [2.75, 3.05) is 24.7 Å². The second-order valence-corrected chi connectivity index (χ2v) is 4.05. The summed E-state index contributed by atoms with van der Waals surface area (Å²) in [5.74, 6) is 1.20. The minimum absolute atomic E-state index is 0.187. The zero-order valence-electron chi connectivity index (χ0n) is 8.99. The average molecular weight is 209 g/mol. The van der Waals surface area contributed by atoms with E-state index in [2.05, 4.69) is 14.9 Å². The number of nitrogens with zero attached hydrogens (tertiary/aromatic N) is 3. The summed E-state index contributed by atoms with van der Waals surface area (Å²) in [5.41, 5.74) is 0.955. The summed E-state index contributed by atoms with van der Waals surface area (Å²) in [6.45, 7) is 3.57. The first-order chi connectivity index (χ1) is 7.31. The van der Waals surface area contributed by atoms with Gasteiger partial charge in [0.2, 0.25) is 0 Å². The van der Waals surface area contributed by atoms with Crippen molar-refractivity contribution >= 4 is 5.82 Å². The highest BCUT2D eigenvalue weighted by atomic mass is 19.1. The highest BCUT2D eigenvalue weighted by Crippen LogP contribution is 2.23. The quantitative estimate of drug-likeness (QED) is 0.745. The molecule has 4 heteroatoms. The molecule has 1 fully saturated rings. The maximum Gasteiger partial charge on any atom is 0.150 e. The number of rotatable bonds is 2. The lowest BCUT2D eigenvalue weighted by Crippen LogP contribution is -2.35. The van der Waals surface area contributed by atoms with E-state index in [0.717, 1.165) is 37.4 Å². The lowest BCUT2D eigenvalue weighted by Gasteiger charge is -2.32. The third kappa shape index (κ3) is 2.25. The van der Waals surface area contributed by atoms with Gasteiger partial charge in [-0.25, -0.2) is 4.98 Å². The average Bonchev–Trinajstić information content (AvgIpc) is 2.30. The van der Waals surface area contributed by atoms with Gasteiger partial charge < -0.3 is 4.90 Å². The second kappa shape index (κ2) is 4.55. The number of anilines is 1. The normalized spacial score (nSPS) is 18.1. The van der Waals surface area contributed by atoms with Gasteiger partial charge in [-0.05, 0) is 25.7 Å². The van der Waals surface area contributed by atoms with Gasteiger partial charge in [-0.2, -0.15) is 0 Å². The van der Waals surface area contributed by atoms with E-state index in [4.69, 9.17) is 0 Å². The monoisotopic (exact) mass is 209 g/mol. The molecule has 1 aromatic rings. The first-order valence-electron chi connectivity index (χ1n) is 5.40. The predicted octanol–water partition coefficient (Wildman–Crippen LogP) is 1.97. The third-order valence-electron chi connectivity index (χ3n) is 2.99. The topological polar surface area (TPSA) is 29.0 Å². The molecule has 1 aliphatic rings. The van der Waals surface area contributed by atoms with E-state index in [1.165, 1.54) is 0 Å². The molecule has 82 valence electrons. The summed E-state index contributed by atoms with van der Waals surface area (Å²) < 4.78 is 12.4. The Morgan fingerprint density at radius 1 is 1.33 bits per heavy atom. The van der Waals surface area contributed by atoms with Crippen LogP contribution in [0.25, 0.3) is 0 Å². The van der Waals surface area contributed by atoms with Crippen molar-refractivity contribution in [3.05, 3.63) is 18.1 Å². The third-order valence-corrected chi connectivity index (χ3v) is 2.99. The summed E-state index contributed by atoms with van der Waals surface area (Å²) in [6.07, 6.45) is 5.26. The van der Waals surface area contributed by atoms with E-state index < -0.39 is 0 Å². The molecule has 3 nitrogen and oxygen atoms in total. The summed E-state index contributed by atoms with van der Waals surface area (Å²) >= 11 is 0. The predicted molar refractivity (Wildman–Crippen MR) is 57.7 cm³/mol. The van der Waals surface area contributed by atoms with E-state index in [-0.39, 0.29) is 12.6 Å². The van der Waals surface area contributed by atoms with Gasteiger partial charge in [0.25, 0.3) is 0 Å². The SMILES string of the molecule is Cc1nccnc1N1CCC(CF)CC1. The molecular formula is C11H16FN3. The molecule has 15 heavy (non-hydrogen) atoms. The molecule has 1 saturated heterocycles. The van der Waals surface area contributed by atoms with Crippen molar-refractivity contribution in [1.29, 1.82) is 0 Å². The Morgan fingerprint density at radius 2 is 2.00 bits per heavy atom. The molecule has 0 amide bonds. The maximum absolute atomic E-state index is 12.4. The van der Waals surface area contributed by atoms with Crippen molar-refractivity contribution in [1.82, 2.24) is 9.97 Å². The molecule has 0 bridgehead atoms. The molecule has 0 aromatic carbocycles. The van der Waals surface area contributed by atoms with Gasteiger partial charge in [-0.3, -0.25) is 9.37 Å². The molecule has 0 atom stereocenters. The van der Waals surface area contributed by atoms with Gasteiger partial charge in [-0.15, -0.1) is 0 Å². The molecule has 1 aliphatic heterocycles. The number of piperidine rings is 1. The summed E-state index contributed by atoms with van der Waals surface area (Å²) in [5, 5.41) is 0. The second-order valence-electron chi connectivity index (χ2n) is 4.05. The van der Waals surface area contributed by atoms with Gasteiger partial charge in [0.15, 0.2) is 0 Å². The fraction of sp³-hybridized carbons (Fsp3) is 0.636. The largest absolute Gasteiger partial charge is 0.355 e. The molecule has 0 radical (unpaired) electrons. The van der Waals surface area contributed by atoms with Crippen LogP contribution in [0.4, 0.5) is 10.2 Å². The number of aryl methyl sites for hydroxylation is 1. The van der Waals surface area contributed by atoms with E-state index in [0.29, 0.717) is 0 Å². The van der Waals surface area contributed by atoms with Crippen LogP contribution in [0.15, 0.2) is 12.4 Å². The van der Waals surface area contributed by atoms with Crippen molar-refractivity contribution in [3.63, 3.8) is 0 Å². The van der Waals surface area contributed by atoms with Gasteiger partial charge in [0.05, 0.1) is 12.4 Å². The lowest BCUT2D eigenvalue weighted by molar-refractivity contribution is 0.307. The zero-order chi connectivity index (χ0) is 10.7. The molecule has 0 spiro atoms. The Hall–Kier alpha value is -1.19. The van der Waals surface area contributed by atoms with Crippen molar-refractivity contribution in [2.24, 2.45) is 5.92 Å². The molecule has 0 N–H and O–H groups in total. The standard InChI is InChI=1S/C11H16FN3/c1-9-11(14-5-4-13-9)15-6-2-10(8-12)3-7-15/h4-5,10H,2-3,6-8H2,1H3. The Bertz CT molecular complexity index is 321. The first kappa shape index (κ1) is 10.3. The van der Waals surface area contributed by atoms with Crippen LogP contribution in [0.1, 0.15) is 18.5 Å². The molecule has 0 aliphatic carbocycles. The Kier molecular flexibility index (Phi) is 3.14. The first-order valence-corrected chi connectivity index (χ1v) is 5.40. The lowest BCUT2D eigenvalue weighted by atomic mass is 9.98. The van der Waals surface area contributed by atoms with Crippen LogP contribution in [0.3, 0.4) is 0 Å². The summed E-state index contributed by atoms with van der Waals surface area (Å²) in [6, 6.07) is 0. The van der Waals surface area contributed by atoms with Crippen molar-refractivity contribution < 1.29 is 4.39 Å². The number of aromatic nitrogens is 2. The van der Waals surface area contributed by atoms with Crippen LogP contribution in [0, 0.1) is 12.8 Å². The molecule has 0 unspecified atom stereocenters. The zero-order valence-corrected chi connectivity index (χ0v) is 8.99. The van der Waals surface area contributed by atoms with Gasteiger partial charge in [0, 0.05) is 25.5 Å². The van der Waals surface area contributed by atoms with E-state index in [1.807, 2.05) is 6.92 Å². The highest BCUT2D eigenvalue weighted by molar-refractivity contribution is 5.42. The number of alkyl halides is 1. The van der Waals surface area contributed by atoms with Crippen molar-refractivity contribution in [3.8, 4) is 0 Å².